The van der Waals surface area contributed by atoms with Gasteiger partial charge in [0.05, 0.1) is 17.6 Å². The summed E-state index contributed by atoms with van der Waals surface area (Å²) in [7, 11) is 1.72. The summed E-state index contributed by atoms with van der Waals surface area (Å²) in [5.74, 6) is -0.0770. The summed E-state index contributed by atoms with van der Waals surface area (Å²) in [4.78, 5) is 30.5. The molecule has 0 spiro atoms. The first-order valence-electron chi connectivity index (χ1n) is 6.59. The van der Waals surface area contributed by atoms with Gasteiger partial charge in [0.2, 0.25) is 0 Å². The average molecular weight is 302 g/mol. The Bertz CT molecular complexity index is 875. The molecule has 0 unspecified atom stereocenters. The van der Waals surface area contributed by atoms with Crippen molar-refractivity contribution in [1.29, 1.82) is 0 Å². The fraction of sp³-hybridized carbons (Fsp3) is 0.286. The second-order valence-corrected chi connectivity index (χ2v) is 5.89. The van der Waals surface area contributed by atoms with E-state index in [-0.39, 0.29) is 17.9 Å². The molecular weight excluding hydrogens is 288 g/mol. The molecule has 0 aliphatic heterocycles. The predicted molar refractivity (Wildman–Crippen MR) is 80.8 cm³/mol. The molecule has 3 heterocycles. The van der Waals surface area contributed by atoms with E-state index in [1.165, 1.54) is 33.1 Å². The Hall–Kier alpha value is -2.28. The molecule has 7 heteroatoms. The highest BCUT2D eigenvalue weighted by molar-refractivity contribution is 7.14. The third-order valence-corrected chi connectivity index (χ3v) is 4.59. The number of aromatic nitrogens is 4. The van der Waals surface area contributed by atoms with Crippen LogP contribution >= 0.6 is 11.3 Å². The molecule has 6 nitrogen and oxygen atoms in total. The van der Waals surface area contributed by atoms with E-state index >= 15 is 0 Å². The van der Waals surface area contributed by atoms with Crippen LogP contribution in [0.25, 0.3) is 11.0 Å². The normalized spacial score (nSPS) is 11.1. The van der Waals surface area contributed by atoms with Crippen LogP contribution in [0.2, 0.25) is 0 Å². The van der Waals surface area contributed by atoms with Crippen LogP contribution in [0.1, 0.15) is 21.5 Å². The van der Waals surface area contributed by atoms with Crippen molar-refractivity contribution in [3.05, 3.63) is 44.8 Å². The molecule has 0 aliphatic carbocycles. The number of rotatable bonds is 4. The molecule has 21 heavy (non-hydrogen) atoms. The van der Waals surface area contributed by atoms with Gasteiger partial charge in [0.1, 0.15) is 11.7 Å². The molecule has 3 aromatic rings. The van der Waals surface area contributed by atoms with Gasteiger partial charge in [-0.25, -0.2) is 4.98 Å². The van der Waals surface area contributed by atoms with E-state index in [9.17, 15) is 9.59 Å². The van der Waals surface area contributed by atoms with Gasteiger partial charge in [0.25, 0.3) is 5.56 Å². The summed E-state index contributed by atoms with van der Waals surface area (Å²) < 4.78 is 2.87. The Kier molecular flexibility index (Phi) is 3.42. The van der Waals surface area contributed by atoms with Gasteiger partial charge >= 0.3 is 0 Å². The SMILES string of the molecule is CCc1ccc(C(=O)Cn2cnc3c(cnn3C)c2=O)s1. The molecule has 0 atom stereocenters. The van der Waals surface area contributed by atoms with Crippen molar-refractivity contribution in [3.63, 3.8) is 0 Å². The van der Waals surface area contributed by atoms with Crippen LogP contribution in [-0.2, 0) is 20.0 Å². The number of nitrogens with zero attached hydrogens (tertiary/aromatic N) is 4. The minimum Gasteiger partial charge on any atom is -0.291 e. The minimum absolute atomic E-state index is 0.000333. The van der Waals surface area contributed by atoms with E-state index in [0.29, 0.717) is 15.9 Å². The monoisotopic (exact) mass is 302 g/mol. The van der Waals surface area contributed by atoms with Crippen molar-refractivity contribution in [1.82, 2.24) is 19.3 Å². The molecule has 0 amide bonds. The maximum atomic E-state index is 12.3. The average Bonchev–Trinajstić information content (AvgIpc) is 3.09. The molecule has 0 N–H and O–H groups in total. The zero-order chi connectivity index (χ0) is 15.0. The number of carbonyl (C=O) groups excluding carboxylic acids is 1. The van der Waals surface area contributed by atoms with E-state index in [0.717, 1.165) is 11.3 Å². The topological polar surface area (TPSA) is 69.8 Å². The fourth-order valence-electron chi connectivity index (χ4n) is 2.13. The van der Waals surface area contributed by atoms with Crippen LogP contribution in [0.4, 0.5) is 0 Å². The second kappa shape index (κ2) is 5.25. The first kappa shape index (κ1) is 13.7. The Labute approximate surface area is 124 Å². The summed E-state index contributed by atoms with van der Waals surface area (Å²) in [6.45, 7) is 2.05. The molecule has 3 aromatic heterocycles. The molecule has 0 fully saturated rings. The summed E-state index contributed by atoms with van der Waals surface area (Å²) in [5.41, 5.74) is 0.279. The van der Waals surface area contributed by atoms with Crippen molar-refractivity contribution < 1.29 is 4.79 Å². The number of hydrogen-bond donors (Lipinski definition) is 0. The second-order valence-electron chi connectivity index (χ2n) is 4.73. The van der Waals surface area contributed by atoms with E-state index in [1.807, 2.05) is 19.1 Å². The number of carbonyl (C=O) groups is 1. The Morgan fingerprint density at radius 2 is 2.19 bits per heavy atom. The van der Waals surface area contributed by atoms with Gasteiger partial charge in [0, 0.05) is 11.9 Å². The summed E-state index contributed by atoms with van der Waals surface area (Å²) >= 11 is 1.47. The number of ketones is 1. The first-order chi connectivity index (χ1) is 10.1. The molecule has 0 aliphatic rings. The fourth-order valence-corrected chi connectivity index (χ4v) is 3.01. The first-order valence-corrected chi connectivity index (χ1v) is 7.41. The molecule has 0 saturated heterocycles. The van der Waals surface area contributed by atoms with Gasteiger partial charge in [-0.15, -0.1) is 11.3 Å². The maximum Gasteiger partial charge on any atom is 0.264 e. The maximum absolute atomic E-state index is 12.3. The minimum atomic E-state index is -0.242. The summed E-state index contributed by atoms with van der Waals surface area (Å²) in [5, 5.41) is 4.43. The van der Waals surface area contributed by atoms with Gasteiger partial charge in [-0.2, -0.15) is 5.10 Å². The highest BCUT2D eigenvalue weighted by Crippen LogP contribution is 2.17. The van der Waals surface area contributed by atoms with Gasteiger partial charge in [-0.3, -0.25) is 18.8 Å². The van der Waals surface area contributed by atoms with Crippen LogP contribution < -0.4 is 5.56 Å². The Balaban J connectivity index is 1.92. The van der Waals surface area contributed by atoms with Gasteiger partial charge in [-0.05, 0) is 18.6 Å². The highest BCUT2D eigenvalue weighted by atomic mass is 32.1. The van der Waals surface area contributed by atoms with Crippen LogP contribution in [0, 0.1) is 0 Å². The molecular formula is C14H14N4O2S. The van der Waals surface area contributed by atoms with Crippen molar-refractivity contribution in [3.8, 4) is 0 Å². The Morgan fingerprint density at radius 3 is 2.90 bits per heavy atom. The van der Waals surface area contributed by atoms with Crippen molar-refractivity contribution >= 4 is 28.2 Å². The number of fused-ring (bicyclic) bond motifs is 1. The van der Waals surface area contributed by atoms with Crippen LogP contribution in [0.3, 0.4) is 0 Å². The number of Topliss-reactive ketones (excluding diaryl/α,β-unsaturated/α-hetero) is 1. The molecule has 108 valence electrons. The zero-order valence-corrected chi connectivity index (χ0v) is 12.6. The Morgan fingerprint density at radius 1 is 1.38 bits per heavy atom. The van der Waals surface area contributed by atoms with Crippen LogP contribution in [-0.4, -0.2) is 25.1 Å². The lowest BCUT2D eigenvalue weighted by Crippen LogP contribution is -2.24. The zero-order valence-electron chi connectivity index (χ0n) is 11.7. The lowest BCUT2D eigenvalue weighted by molar-refractivity contribution is 0.0974. The molecule has 0 bridgehead atoms. The summed E-state index contributed by atoms with van der Waals surface area (Å²) in [6, 6.07) is 3.76. The van der Waals surface area contributed by atoms with E-state index in [2.05, 4.69) is 10.1 Å². The molecule has 0 saturated carbocycles. The molecule has 3 rings (SSSR count). The lowest BCUT2D eigenvalue weighted by Gasteiger charge is -2.03. The molecule has 0 radical (unpaired) electrons. The van der Waals surface area contributed by atoms with Crippen LogP contribution in [0.15, 0.2) is 29.5 Å². The number of aryl methyl sites for hydroxylation is 2. The quantitative estimate of drug-likeness (QED) is 0.687. The standard InChI is InChI=1S/C14H14N4O2S/c1-3-9-4-5-12(21-9)11(19)7-18-8-15-13-10(14(18)20)6-16-17(13)2/h4-6,8H,3,7H2,1-2H3. The lowest BCUT2D eigenvalue weighted by atomic mass is 10.3. The van der Waals surface area contributed by atoms with E-state index < -0.39 is 0 Å². The van der Waals surface area contributed by atoms with Gasteiger partial charge < -0.3 is 0 Å². The largest absolute Gasteiger partial charge is 0.291 e. The predicted octanol–water partition coefficient (Wildman–Crippen LogP) is 1.64. The van der Waals surface area contributed by atoms with Crippen LogP contribution in [0.5, 0.6) is 0 Å². The van der Waals surface area contributed by atoms with E-state index in [1.54, 1.807) is 7.05 Å². The third kappa shape index (κ3) is 2.40. The molecule has 0 aromatic carbocycles. The number of hydrogen-bond acceptors (Lipinski definition) is 5. The van der Waals surface area contributed by atoms with Crippen molar-refractivity contribution in [2.45, 2.75) is 19.9 Å². The smallest absolute Gasteiger partial charge is 0.264 e. The van der Waals surface area contributed by atoms with Gasteiger partial charge in [0.15, 0.2) is 11.4 Å². The highest BCUT2D eigenvalue weighted by Gasteiger charge is 2.13. The van der Waals surface area contributed by atoms with Crippen molar-refractivity contribution in [2.75, 3.05) is 0 Å². The summed E-state index contributed by atoms with van der Waals surface area (Å²) in [6.07, 6.45) is 3.78. The third-order valence-electron chi connectivity index (χ3n) is 3.32. The van der Waals surface area contributed by atoms with Gasteiger partial charge in [-0.1, -0.05) is 6.92 Å². The van der Waals surface area contributed by atoms with E-state index in [4.69, 9.17) is 0 Å². The number of thiophene rings is 1. The van der Waals surface area contributed by atoms with Crippen molar-refractivity contribution in [2.24, 2.45) is 7.05 Å².